The van der Waals surface area contributed by atoms with Gasteiger partial charge in [0.15, 0.2) is 5.82 Å². The van der Waals surface area contributed by atoms with Crippen LogP contribution in [0.25, 0.3) is 0 Å². The highest BCUT2D eigenvalue weighted by Crippen LogP contribution is 2.17. The quantitative estimate of drug-likeness (QED) is 0.798. The van der Waals surface area contributed by atoms with Crippen LogP contribution in [0.15, 0.2) is 18.2 Å². The van der Waals surface area contributed by atoms with Crippen LogP contribution in [0.1, 0.15) is 16.8 Å². The summed E-state index contributed by atoms with van der Waals surface area (Å²) in [4.78, 5) is 33.7. The van der Waals surface area contributed by atoms with E-state index in [0.29, 0.717) is 0 Å². The second kappa shape index (κ2) is 6.85. The Morgan fingerprint density at radius 1 is 1.45 bits per heavy atom. The molecule has 0 aliphatic heterocycles. The zero-order valence-corrected chi connectivity index (χ0v) is 11.1. The van der Waals surface area contributed by atoms with Gasteiger partial charge in [0, 0.05) is 0 Å². The van der Waals surface area contributed by atoms with Crippen LogP contribution in [0, 0.1) is 5.82 Å². The monoisotopic (exact) mass is 303 g/mol. The number of carbonyl (C=O) groups is 3. The molecule has 8 heteroatoms. The Kier molecular flexibility index (Phi) is 5.45. The van der Waals surface area contributed by atoms with E-state index >= 15 is 0 Å². The molecule has 0 aromatic heterocycles. The zero-order chi connectivity index (χ0) is 15.3. The summed E-state index contributed by atoms with van der Waals surface area (Å²) < 4.78 is 17.9. The lowest BCUT2D eigenvalue weighted by Gasteiger charge is -2.13. The van der Waals surface area contributed by atoms with E-state index in [-0.39, 0.29) is 5.02 Å². The van der Waals surface area contributed by atoms with E-state index in [0.717, 1.165) is 13.2 Å². The molecule has 0 heterocycles. The minimum absolute atomic E-state index is 0.266. The van der Waals surface area contributed by atoms with E-state index in [2.05, 4.69) is 4.74 Å². The predicted molar refractivity (Wildman–Crippen MR) is 66.9 cm³/mol. The number of esters is 1. The number of benzene rings is 1. The van der Waals surface area contributed by atoms with Crippen molar-refractivity contribution < 1.29 is 28.6 Å². The predicted octanol–water partition coefficient (Wildman–Crippen LogP) is 1.23. The summed E-state index contributed by atoms with van der Waals surface area (Å²) in [6.07, 6.45) is -0.570. The number of nitrogens with one attached hydrogen (secondary N) is 1. The van der Waals surface area contributed by atoms with Gasteiger partial charge in [0.05, 0.1) is 24.1 Å². The molecule has 1 atom stereocenters. The Balaban J connectivity index is 2.88. The summed E-state index contributed by atoms with van der Waals surface area (Å²) in [5.74, 6) is -4.20. The van der Waals surface area contributed by atoms with Gasteiger partial charge in [-0.1, -0.05) is 17.7 Å². The highest BCUT2D eigenvalue weighted by Gasteiger charge is 2.25. The van der Waals surface area contributed by atoms with Gasteiger partial charge in [0.1, 0.15) is 6.04 Å². The van der Waals surface area contributed by atoms with Gasteiger partial charge in [0.2, 0.25) is 0 Å². The number of carboxylic acid groups (broad SMARTS) is 1. The smallest absolute Gasteiger partial charge is 0.326 e. The maximum atomic E-state index is 13.6. The number of ether oxygens (including phenoxy) is 1. The highest BCUT2D eigenvalue weighted by atomic mass is 35.5. The number of hydrogen-bond acceptors (Lipinski definition) is 4. The second-order valence-corrected chi connectivity index (χ2v) is 4.15. The molecule has 0 aliphatic carbocycles. The number of carbonyl (C=O) groups excluding carboxylic acids is 2. The van der Waals surface area contributed by atoms with Crippen LogP contribution in [-0.2, 0) is 14.3 Å². The third-order valence-corrected chi connectivity index (χ3v) is 2.69. The molecule has 2 N–H and O–H groups in total. The molecule has 0 spiro atoms. The molecule has 1 amide bonds. The maximum Gasteiger partial charge on any atom is 0.326 e. The average Bonchev–Trinajstić information content (AvgIpc) is 2.40. The molecule has 1 aromatic rings. The van der Waals surface area contributed by atoms with Crippen molar-refractivity contribution in [2.75, 3.05) is 7.11 Å². The van der Waals surface area contributed by atoms with Crippen LogP contribution >= 0.6 is 11.6 Å². The van der Waals surface area contributed by atoms with Crippen molar-refractivity contribution in [3.8, 4) is 0 Å². The molecule has 0 unspecified atom stereocenters. The highest BCUT2D eigenvalue weighted by molar-refractivity contribution is 6.31. The van der Waals surface area contributed by atoms with Gasteiger partial charge in [-0.2, -0.15) is 0 Å². The molecule has 20 heavy (non-hydrogen) atoms. The molecule has 6 nitrogen and oxygen atoms in total. The number of hydrogen-bond donors (Lipinski definition) is 2. The van der Waals surface area contributed by atoms with Crippen LogP contribution in [-0.4, -0.2) is 36.1 Å². The fourth-order valence-electron chi connectivity index (χ4n) is 1.37. The van der Waals surface area contributed by atoms with Gasteiger partial charge in [-0.3, -0.25) is 9.59 Å². The average molecular weight is 304 g/mol. The Hall–Kier alpha value is -2.15. The second-order valence-electron chi connectivity index (χ2n) is 3.75. The van der Waals surface area contributed by atoms with Crippen molar-refractivity contribution in [2.45, 2.75) is 12.5 Å². The molecular formula is C12H11ClFNO5. The standard InChI is InChI=1S/C12H11ClFNO5/c1-20-9(16)5-8(12(18)19)15-11(17)6-3-2-4-7(13)10(6)14/h2-4,8H,5H2,1H3,(H,15,17)(H,18,19)/t8-/m0/s1. The molecule has 0 fully saturated rings. The minimum atomic E-state index is -1.52. The summed E-state index contributed by atoms with van der Waals surface area (Å²) in [6, 6.07) is 2.22. The van der Waals surface area contributed by atoms with Crippen molar-refractivity contribution in [1.82, 2.24) is 5.32 Å². The fraction of sp³-hybridized carbons (Fsp3) is 0.250. The van der Waals surface area contributed by atoms with Crippen LogP contribution in [0.2, 0.25) is 5.02 Å². The van der Waals surface area contributed by atoms with Crippen LogP contribution in [0.4, 0.5) is 4.39 Å². The van der Waals surface area contributed by atoms with E-state index in [1.54, 1.807) is 0 Å². The molecular weight excluding hydrogens is 293 g/mol. The van der Waals surface area contributed by atoms with E-state index < -0.39 is 41.7 Å². The summed E-state index contributed by atoms with van der Waals surface area (Å²) in [7, 11) is 1.08. The maximum absolute atomic E-state index is 13.6. The molecule has 0 aliphatic rings. The normalized spacial score (nSPS) is 11.6. The SMILES string of the molecule is COC(=O)C[C@H](NC(=O)c1cccc(Cl)c1F)C(=O)O. The first-order valence-electron chi connectivity index (χ1n) is 5.41. The van der Waals surface area contributed by atoms with Crippen LogP contribution < -0.4 is 5.32 Å². The van der Waals surface area contributed by atoms with Gasteiger partial charge in [-0.05, 0) is 12.1 Å². The van der Waals surface area contributed by atoms with Gasteiger partial charge in [-0.25, -0.2) is 9.18 Å². The van der Waals surface area contributed by atoms with Gasteiger partial charge in [0.25, 0.3) is 5.91 Å². The molecule has 0 bridgehead atoms. The number of rotatable bonds is 5. The lowest BCUT2D eigenvalue weighted by atomic mass is 10.1. The van der Waals surface area contributed by atoms with E-state index in [4.69, 9.17) is 16.7 Å². The third kappa shape index (κ3) is 3.92. The number of carboxylic acids is 1. The number of aliphatic carboxylic acids is 1. The van der Waals surface area contributed by atoms with Crippen molar-refractivity contribution >= 4 is 29.4 Å². The molecule has 108 valence electrons. The molecule has 1 rings (SSSR count). The van der Waals surface area contributed by atoms with Crippen molar-refractivity contribution in [3.63, 3.8) is 0 Å². The fourth-order valence-corrected chi connectivity index (χ4v) is 1.54. The topological polar surface area (TPSA) is 92.7 Å². The zero-order valence-electron chi connectivity index (χ0n) is 10.4. The summed E-state index contributed by atoms with van der Waals surface area (Å²) in [5.41, 5.74) is -0.409. The Labute approximate surface area is 118 Å². The van der Waals surface area contributed by atoms with Crippen molar-refractivity contribution in [3.05, 3.63) is 34.6 Å². The van der Waals surface area contributed by atoms with Crippen molar-refractivity contribution in [1.29, 1.82) is 0 Å². The summed E-state index contributed by atoms with van der Waals surface area (Å²) in [6.45, 7) is 0. The summed E-state index contributed by atoms with van der Waals surface area (Å²) >= 11 is 5.52. The first-order chi connectivity index (χ1) is 9.36. The van der Waals surface area contributed by atoms with Gasteiger partial charge >= 0.3 is 11.9 Å². The summed E-state index contributed by atoms with van der Waals surface area (Å²) in [5, 5.41) is 10.7. The molecule has 0 saturated carbocycles. The minimum Gasteiger partial charge on any atom is -0.480 e. The first kappa shape index (κ1) is 15.9. The molecule has 1 aromatic carbocycles. The van der Waals surface area contributed by atoms with Gasteiger partial charge < -0.3 is 15.2 Å². The lowest BCUT2D eigenvalue weighted by Crippen LogP contribution is -2.42. The molecule has 0 radical (unpaired) electrons. The van der Waals surface area contributed by atoms with Crippen molar-refractivity contribution in [2.24, 2.45) is 0 Å². The first-order valence-corrected chi connectivity index (χ1v) is 5.79. The third-order valence-electron chi connectivity index (χ3n) is 2.40. The number of amides is 1. The number of methoxy groups -OCH3 is 1. The van der Waals surface area contributed by atoms with Crippen LogP contribution in [0.3, 0.4) is 0 Å². The Morgan fingerprint density at radius 2 is 2.10 bits per heavy atom. The van der Waals surface area contributed by atoms with Crippen LogP contribution in [0.5, 0.6) is 0 Å². The molecule has 0 saturated heterocycles. The van der Waals surface area contributed by atoms with E-state index in [1.807, 2.05) is 5.32 Å². The Bertz CT molecular complexity index is 549. The number of halogens is 2. The van der Waals surface area contributed by atoms with E-state index in [9.17, 15) is 18.8 Å². The lowest BCUT2D eigenvalue weighted by molar-refractivity contribution is -0.147. The Morgan fingerprint density at radius 3 is 2.65 bits per heavy atom. The largest absolute Gasteiger partial charge is 0.480 e. The van der Waals surface area contributed by atoms with Gasteiger partial charge in [-0.15, -0.1) is 0 Å². The van der Waals surface area contributed by atoms with E-state index in [1.165, 1.54) is 12.1 Å².